The molecule has 2 aromatic heterocycles. The first-order chi connectivity index (χ1) is 12.3. The Bertz CT molecular complexity index is 1120. The Morgan fingerprint density at radius 2 is 1.77 bits per heavy atom. The summed E-state index contributed by atoms with van der Waals surface area (Å²) in [6, 6.07) is 5.84. The van der Waals surface area contributed by atoms with Crippen molar-refractivity contribution in [1.82, 2.24) is 18.7 Å². The van der Waals surface area contributed by atoms with Gasteiger partial charge in [0.1, 0.15) is 5.75 Å². The van der Waals surface area contributed by atoms with Crippen molar-refractivity contribution in [1.29, 1.82) is 0 Å². The molecule has 3 rings (SSSR count). The van der Waals surface area contributed by atoms with Gasteiger partial charge in [0.2, 0.25) is 5.28 Å². The zero-order chi connectivity index (χ0) is 19.2. The van der Waals surface area contributed by atoms with Crippen molar-refractivity contribution < 1.29 is 9.53 Å². The van der Waals surface area contributed by atoms with Crippen LogP contribution in [-0.2, 0) is 14.1 Å². The lowest BCUT2D eigenvalue weighted by atomic mass is 10.1. The van der Waals surface area contributed by atoms with Gasteiger partial charge in [-0.1, -0.05) is 0 Å². The molecule has 0 N–H and O–H groups in total. The van der Waals surface area contributed by atoms with Gasteiger partial charge in [-0.2, -0.15) is 4.98 Å². The van der Waals surface area contributed by atoms with E-state index in [1.54, 1.807) is 31.2 Å². The molecule has 26 heavy (non-hydrogen) atoms. The number of Topliss-reactive ketones (excluding diaryl/α,β-unsaturated/α-hetero) is 1. The molecule has 0 aliphatic rings. The number of halogens is 1. The van der Waals surface area contributed by atoms with Crippen molar-refractivity contribution in [3.8, 4) is 5.75 Å². The molecule has 9 heteroatoms. The number of ketones is 1. The third-order valence-electron chi connectivity index (χ3n) is 4.39. The van der Waals surface area contributed by atoms with E-state index in [0.29, 0.717) is 11.3 Å². The molecular formula is C17H17ClN4O4. The number of nitrogens with zero attached hydrogens (tertiary/aromatic N) is 4. The molecule has 136 valence electrons. The van der Waals surface area contributed by atoms with E-state index < -0.39 is 17.3 Å². The third kappa shape index (κ3) is 2.62. The van der Waals surface area contributed by atoms with Gasteiger partial charge in [-0.15, -0.1) is 0 Å². The van der Waals surface area contributed by atoms with E-state index in [4.69, 9.17) is 16.3 Å². The van der Waals surface area contributed by atoms with Crippen molar-refractivity contribution in [3.63, 3.8) is 0 Å². The Kier molecular flexibility index (Phi) is 4.45. The Morgan fingerprint density at radius 3 is 2.35 bits per heavy atom. The molecular weight excluding hydrogens is 360 g/mol. The Balaban J connectivity index is 2.18. The monoisotopic (exact) mass is 376 g/mol. The Morgan fingerprint density at radius 1 is 1.15 bits per heavy atom. The number of carbonyl (C=O) groups excluding carboxylic acids is 1. The minimum absolute atomic E-state index is 0.0346. The lowest BCUT2D eigenvalue weighted by molar-refractivity contribution is 0.0937. The standard InChI is InChI=1S/C17H17ClN4O4/c1-9(13(23)10-5-7-11(26-4)8-6-10)22-12-14(19-16(22)18)20(2)17(25)21(3)15(12)24/h5-9H,1-4H3/t9-/m0/s1. The summed E-state index contributed by atoms with van der Waals surface area (Å²) < 4.78 is 8.63. The van der Waals surface area contributed by atoms with E-state index in [1.165, 1.54) is 30.3 Å². The van der Waals surface area contributed by atoms with Gasteiger partial charge in [0.25, 0.3) is 5.56 Å². The number of carbonyl (C=O) groups is 1. The number of imidazole rings is 1. The van der Waals surface area contributed by atoms with Crippen molar-refractivity contribution in [2.45, 2.75) is 13.0 Å². The summed E-state index contributed by atoms with van der Waals surface area (Å²) in [7, 11) is 4.40. The summed E-state index contributed by atoms with van der Waals surface area (Å²) in [5.74, 6) is 0.383. The van der Waals surface area contributed by atoms with Crippen molar-refractivity contribution in [2.24, 2.45) is 14.1 Å². The maximum Gasteiger partial charge on any atom is 0.332 e. The first-order valence-corrected chi connectivity index (χ1v) is 8.17. The molecule has 0 spiro atoms. The van der Waals surface area contributed by atoms with Gasteiger partial charge in [0, 0.05) is 19.7 Å². The summed E-state index contributed by atoms with van der Waals surface area (Å²) in [6.45, 7) is 1.63. The van der Waals surface area contributed by atoms with Crippen LogP contribution in [0.4, 0.5) is 0 Å². The molecule has 0 aliphatic carbocycles. The summed E-state index contributed by atoms with van der Waals surface area (Å²) in [5.41, 5.74) is -0.390. The molecule has 0 fully saturated rings. The maximum atomic E-state index is 12.9. The normalized spacial score (nSPS) is 12.3. The van der Waals surface area contributed by atoms with Crippen LogP contribution in [0.3, 0.4) is 0 Å². The average Bonchev–Trinajstić information content (AvgIpc) is 3.00. The minimum Gasteiger partial charge on any atom is -0.497 e. The van der Waals surface area contributed by atoms with Gasteiger partial charge < -0.3 is 4.74 Å². The SMILES string of the molecule is COc1ccc(C(=O)[C@H](C)n2c(Cl)nc3c2c(=O)n(C)c(=O)n3C)cc1. The van der Waals surface area contributed by atoms with Crippen LogP contribution in [0.5, 0.6) is 5.75 Å². The van der Waals surface area contributed by atoms with E-state index in [2.05, 4.69) is 4.98 Å². The molecule has 1 atom stereocenters. The molecule has 2 heterocycles. The second-order valence-corrected chi connectivity index (χ2v) is 6.24. The quantitative estimate of drug-likeness (QED) is 0.509. The second-order valence-electron chi connectivity index (χ2n) is 5.90. The lowest BCUT2D eigenvalue weighted by Gasteiger charge is -2.15. The molecule has 0 saturated heterocycles. The number of aromatic nitrogens is 4. The van der Waals surface area contributed by atoms with Crippen LogP contribution in [0.2, 0.25) is 5.28 Å². The number of benzene rings is 1. The molecule has 0 amide bonds. The molecule has 0 radical (unpaired) electrons. The number of rotatable bonds is 4. The van der Waals surface area contributed by atoms with Gasteiger partial charge in [-0.25, -0.2) is 4.79 Å². The van der Waals surface area contributed by atoms with Crippen molar-refractivity contribution in [3.05, 3.63) is 56.0 Å². The molecule has 0 unspecified atom stereocenters. The van der Waals surface area contributed by atoms with Gasteiger partial charge in [0.05, 0.1) is 13.2 Å². The van der Waals surface area contributed by atoms with Crippen LogP contribution in [0.25, 0.3) is 11.2 Å². The predicted molar refractivity (Wildman–Crippen MR) is 97.3 cm³/mol. The second kappa shape index (κ2) is 6.45. The number of hydrogen-bond donors (Lipinski definition) is 0. The first-order valence-electron chi connectivity index (χ1n) is 7.79. The summed E-state index contributed by atoms with van der Waals surface area (Å²) in [5, 5.41) is -0.0346. The summed E-state index contributed by atoms with van der Waals surface area (Å²) in [6.07, 6.45) is 0. The number of aryl methyl sites for hydroxylation is 1. The molecule has 3 aromatic rings. The molecule has 8 nitrogen and oxygen atoms in total. The van der Waals surface area contributed by atoms with Crippen LogP contribution in [0.15, 0.2) is 33.9 Å². The summed E-state index contributed by atoms with van der Waals surface area (Å²) >= 11 is 6.21. The lowest BCUT2D eigenvalue weighted by Crippen LogP contribution is -2.38. The molecule has 0 bridgehead atoms. The highest BCUT2D eigenvalue weighted by Crippen LogP contribution is 2.24. The summed E-state index contributed by atoms with van der Waals surface area (Å²) in [4.78, 5) is 41.6. The highest BCUT2D eigenvalue weighted by atomic mass is 35.5. The fraction of sp³-hybridized carbons (Fsp3) is 0.294. The van der Waals surface area contributed by atoms with E-state index in [-0.39, 0.29) is 22.2 Å². The largest absolute Gasteiger partial charge is 0.497 e. The fourth-order valence-electron chi connectivity index (χ4n) is 2.86. The van der Waals surface area contributed by atoms with Crippen LogP contribution in [0.1, 0.15) is 23.3 Å². The van der Waals surface area contributed by atoms with Crippen molar-refractivity contribution >= 4 is 28.5 Å². The molecule has 0 aliphatic heterocycles. The van der Waals surface area contributed by atoms with Gasteiger partial charge in [-0.05, 0) is 42.8 Å². The number of fused-ring (bicyclic) bond motifs is 1. The Hall–Kier alpha value is -2.87. The number of hydrogen-bond acceptors (Lipinski definition) is 5. The van der Waals surface area contributed by atoms with Gasteiger partial charge in [0.15, 0.2) is 16.9 Å². The smallest absolute Gasteiger partial charge is 0.332 e. The van der Waals surface area contributed by atoms with E-state index in [1.807, 2.05) is 0 Å². The van der Waals surface area contributed by atoms with E-state index >= 15 is 0 Å². The number of ether oxygens (including phenoxy) is 1. The third-order valence-corrected chi connectivity index (χ3v) is 4.66. The van der Waals surface area contributed by atoms with Crippen LogP contribution >= 0.6 is 11.6 Å². The predicted octanol–water partition coefficient (Wildman–Crippen LogP) is 1.54. The van der Waals surface area contributed by atoms with Crippen LogP contribution in [0, 0.1) is 0 Å². The van der Waals surface area contributed by atoms with Crippen LogP contribution < -0.4 is 16.0 Å². The van der Waals surface area contributed by atoms with E-state index in [0.717, 1.165) is 4.57 Å². The fourth-order valence-corrected chi connectivity index (χ4v) is 3.17. The Labute approximate surface area is 153 Å². The van der Waals surface area contributed by atoms with Crippen LogP contribution in [-0.4, -0.2) is 31.6 Å². The zero-order valence-corrected chi connectivity index (χ0v) is 15.4. The minimum atomic E-state index is -0.786. The molecule has 1 aromatic carbocycles. The van der Waals surface area contributed by atoms with Crippen molar-refractivity contribution in [2.75, 3.05) is 7.11 Å². The van der Waals surface area contributed by atoms with E-state index in [9.17, 15) is 14.4 Å². The maximum absolute atomic E-state index is 12.9. The number of methoxy groups -OCH3 is 1. The van der Waals surface area contributed by atoms with Gasteiger partial charge in [-0.3, -0.25) is 23.3 Å². The topological polar surface area (TPSA) is 88.1 Å². The highest BCUT2D eigenvalue weighted by molar-refractivity contribution is 6.29. The zero-order valence-electron chi connectivity index (χ0n) is 14.7. The van der Waals surface area contributed by atoms with Gasteiger partial charge >= 0.3 is 5.69 Å². The molecule has 0 saturated carbocycles. The first kappa shape index (κ1) is 17.9. The average molecular weight is 377 g/mol. The highest BCUT2D eigenvalue weighted by Gasteiger charge is 2.26.